The topological polar surface area (TPSA) is 26.0 Å². The Hall–Kier alpha value is -0.640. The normalized spacial score (nSPS) is 27.6. The fourth-order valence-corrected chi connectivity index (χ4v) is 2.17. The fourth-order valence-electron chi connectivity index (χ4n) is 2.17. The van der Waals surface area contributed by atoms with Gasteiger partial charge in [-0.25, -0.2) is 0 Å². The summed E-state index contributed by atoms with van der Waals surface area (Å²) in [5.74, 6) is 3.69. The summed E-state index contributed by atoms with van der Waals surface area (Å²) in [7, 11) is 0. The van der Waals surface area contributed by atoms with Crippen LogP contribution < -0.4 is 5.73 Å². The van der Waals surface area contributed by atoms with Gasteiger partial charge in [-0.3, -0.25) is 0 Å². The lowest BCUT2D eigenvalue weighted by Gasteiger charge is -2.24. The summed E-state index contributed by atoms with van der Waals surface area (Å²) in [6, 6.07) is 2.54. The zero-order valence-corrected chi connectivity index (χ0v) is 6.90. The summed E-state index contributed by atoms with van der Waals surface area (Å²) in [4.78, 5) is 0. The molecule has 0 heterocycles. The molecule has 0 bridgehead atoms. The maximum absolute atomic E-state index is 5.18. The highest BCUT2D eigenvalue weighted by atomic mass is 14.5. The van der Waals surface area contributed by atoms with Crippen LogP contribution in [0.5, 0.6) is 0 Å². The van der Waals surface area contributed by atoms with Crippen molar-refractivity contribution in [1.29, 1.82) is 0 Å². The Morgan fingerprint density at radius 1 is 1.09 bits per heavy atom. The number of hydrogen-bond acceptors (Lipinski definition) is 1. The van der Waals surface area contributed by atoms with Gasteiger partial charge in [0.1, 0.15) is 0 Å². The molecule has 0 aromatic carbocycles. The molecule has 2 fully saturated rings. The Balaban J connectivity index is 1.87. The highest BCUT2D eigenvalue weighted by Gasteiger charge is 2.44. The molecule has 1 heteroatoms. The fraction of sp³-hybridized carbons (Fsp3) is 0.800. The van der Waals surface area contributed by atoms with Crippen molar-refractivity contribution in [2.75, 3.05) is 0 Å². The predicted octanol–water partition coefficient (Wildman–Crippen LogP) is 1.88. The molecule has 2 aliphatic carbocycles. The van der Waals surface area contributed by atoms with Crippen LogP contribution >= 0.6 is 0 Å². The first-order valence-corrected chi connectivity index (χ1v) is 4.56. The van der Waals surface area contributed by atoms with Gasteiger partial charge >= 0.3 is 0 Å². The summed E-state index contributed by atoms with van der Waals surface area (Å²) in [5.41, 5.74) is 5.98. The van der Waals surface area contributed by atoms with E-state index >= 15 is 0 Å². The van der Waals surface area contributed by atoms with Gasteiger partial charge in [-0.15, -0.1) is 0 Å². The maximum atomic E-state index is 5.18. The lowest BCUT2D eigenvalue weighted by Crippen LogP contribution is -2.13. The Morgan fingerprint density at radius 3 is 2.18 bits per heavy atom. The molecule has 2 N–H and O–H groups in total. The quantitative estimate of drug-likeness (QED) is 0.413. The number of hydrogen-bond donors (Lipinski definition) is 1. The molecule has 1 spiro atoms. The van der Waals surface area contributed by atoms with Crippen LogP contribution in [0.4, 0.5) is 0 Å². The molecule has 0 aromatic rings. The number of rotatable bonds is 0. The monoisotopic (exact) mass is 149 g/mol. The second-order valence-electron chi connectivity index (χ2n) is 4.06. The van der Waals surface area contributed by atoms with Crippen LogP contribution in [0.15, 0.2) is 0 Å². The van der Waals surface area contributed by atoms with Crippen LogP contribution in [-0.4, -0.2) is 0 Å². The summed E-state index contributed by atoms with van der Waals surface area (Å²) in [6.45, 7) is 0. The largest absolute Gasteiger partial charge is 0.359 e. The van der Waals surface area contributed by atoms with Crippen molar-refractivity contribution < 1.29 is 0 Å². The molecule has 0 unspecified atom stereocenters. The molecular formula is C10H15N. The van der Waals surface area contributed by atoms with Crippen LogP contribution in [-0.2, 0) is 0 Å². The van der Waals surface area contributed by atoms with E-state index in [0.29, 0.717) is 5.92 Å². The zero-order chi connectivity index (χ0) is 7.73. The van der Waals surface area contributed by atoms with E-state index in [2.05, 4.69) is 12.0 Å². The molecule has 0 amide bonds. The molecule has 0 saturated heterocycles. The van der Waals surface area contributed by atoms with E-state index in [1.807, 2.05) is 0 Å². The first-order valence-electron chi connectivity index (χ1n) is 4.56. The van der Waals surface area contributed by atoms with E-state index in [9.17, 15) is 0 Å². The van der Waals surface area contributed by atoms with Crippen molar-refractivity contribution in [2.45, 2.75) is 38.5 Å². The second kappa shape index (κ2) is 2.44. The minimum atomic E-state index is 0.617. The predicted molar refractivity (Wildman–Crippen MR) is 45.6 cm³/mol. The lowest BCUT2D eigenvalue weighted by molar-refractivity contribution is 0.296. The molecule has 60 valence electrons. The van der Waals surface area contributed by atoms with Gasteiger partial charge in [-0.1, -0.05) is 5.92 Å². The van der Waals surface area contributed by atoms with Crippen molar-refractivity contribution in [3.63, 3.8) is 0 Å². The SMILES string of the molecule is NC#CC1CCC2(CC1)CC2. The highest BCUT2D eigenvalue weighted by molar-refractivity contribution is 5.05. The third-order valence-corrected chi connectivity index (χ3v) is 3.29. The average molecular weight is 149 g/mol. The zero-order valence-electron chi connectivity index (χ0n) is 6.90. The Morgan fingerprint density at radius 2 is 1.73 bits per heavy atom. The summed E-state index contributed by atoms with van der Waals surface area (Å²) in [6.07, 6.45) is 8.37. The molecular weight excluding hydrogens is 134 g/mol. The number of nitrogens with two attached hydrogens (primary N) is 1. The van der Waals surface area contributed by atoms with Gasteiger partial charge in [0.15, 0.2) is 0 Å². The van der Waals surface area contributed by atoms with Crippen molar-refractivity contribution in [1.82, 2.24) is 0 Å². The summed E-state index contributed by atoms with van der Waals surface area (Å²) in [5, 5.41) is 0. The Labute approximate surface area is 68.4 Å². The van der Waals surface area contributed by atoms with Crippen molar-refractivity contribution in [2.24, 2.45) is 17.1 Å². The van der Waals surface area contributed by atoms with Gasteiger partial charge in [-0.05, 0) is 43.9 Å². The van der Waals surface area contributed by atoms with Gasteiger partial charge < -0.3 is 5.73 Å². The van der Waals surface area contributed by atoms with Gasteiger partial charge in [0.2, 0.25) is 0 Å². The van der Waals surface area contributed by atoms with Crippen LogP contribution in [0, 0.1) is 23.3 Å². The van der Waals surface area contributed by atoms with E-state index in [1.54, 1.807) is 0 Å². The van der Waals surface area contributed by atoms with E-state index in [-0.39, 0.29) is 0 Å². The molecule has 11 heavy (non-hydrogen) atoms. The molecule has 0 aliphatic heterocycles. The van der Waals surface area contributed by atoms with Crippen LogP contribution in [0.3, 0.4) is 0 Å². The summed E-state index contributed by atoms with van der Waals surface area (Å²) < 4.78 is 0. The molecule has 2 aliphatic rings. The van der Waals surface area contributed by atoms with E-state index in [0.717, 1.165) is 5.41 Å². The smallest absolute Gasteiger partial charge is 0.0221 e. The van der Waals surface area contributed by atoms with E-state index < -0.39 is 0 Å². The lowest BCUT2D eigenvalue weighted by atomic mass is 9.80. The van der Waals surface area contributed by atoms with E-state index in [4.69, 9.17) is 5.73 Å². The van der Waals surface area contributed by atoms with E-state index in [1.165, 1.54) is 38.5 Å². The molecule has 0 radical (unpaired) electrons. The first kappa shape index (κ1) is 7.03. The minimum Gasteiger partial charge on any atom is -0.359 e. The van der Waals surface area contributed by atoms with Gasteiger partial charge in [-0.2, -0.15) is 0 Å². The van der Waals surface area contributed by atoms with Crippen LogP contribution in [0.25, 0.3) is 0 Å². The molecule has 1 nitrogen and oxygen atoms in total. The second-order valence-corrected chi connectivity index (χ2v) is 4.06. The Bertz CT molecular complexity index is 195. The van der Waals surface area contributed by atoms with Gasteiger partial charge in [0.05, 0.1) is 0 Å². The standard InChI is InChI=1S/C10H15N/c11-8-3-9-1-4-10(5-2-9)6-7-10/h9H,1-2,4-7,11H2. The molecule has 2 rings (SSSR count). The maximum Gasteiger partial charge on any atom is 0.0221 e. The third kappa shape index (κ3) is 1.35. The van der Waals surface area contributed by atoms with Crippen molar-refractivity contribution >= 4 is 0 Å². The molecule has 0 aromatic heterocycles. The van der Waals surface area contributed by atoms with Gasteiger partial charge in [0, 0.05) is 12.0 Å². The summed E-state index contributed by atoms with van der Waals surface area (Å²) >= 11 is 0. The van der Waals surface area contributed by atoms with Gasteiger partial charge in [0.25, 0.3) is 0 Å². The van der Waals surface area contributed by atoms with Crippen molar-refractivity contribution in [3.05, 3.63) is 0 Å². The highest BCUT2D eigenvalue weighted by Crippen LogP contribution is 2.56. The van der Waals surface area contributed by atoms with Crippen molar-refractivity contribution in [3.8, 4) is 12.0 Å². The molecule has 0 atom stereocenters. The van der Waals surface area contributed by atoms with Crippen LogP contribution in [0.1, 0.15) is 38.5 Å². The minimum absolute atomic E-state index is 0.617. The molecule has 2 saturated carbocycles. The third-order valence-electron chi connectivity index (χ3n) is 3.29. The average Bonchev–Trinajstić information content (AvgIpc) is 2.76. The Kier molecular flexibility index (Phi) is 1.56. The first-order chi connectivity index (χ1) is 5.35. The van der Waals surface area contributed by atoms with Crippen LogP contribution in [0.2, 0.25) is 0 Å².